The van der Waals surface area contributed by atoms with Crippen LogP contribution in [-0.2, 0) is 27.2 Å². The van der Waals surface area contributed by atoms with Crippen molar-refractivity contribution in [2.24, 2.45) is 0 Å². The van der Waals surface area contributed by atoms with E-state index >= 15 is 0 Å². The number of thiocarbonyl (C=S) groups is 1. The number of carboxylic acids is 2. The fourth-order valence-electron chi connectivity index (χ4n) is 1.71. The molecule has 0 atom stereocenters. The molecule has 0 bridgehead atoms. The number of carboxylic acid groups (broad SMARTS) is 2. The number of rotatable bonds is 6. The van der Waals surface area contributed by atoms with Crippen LogP contribution in [0.25, 0.3) is 0 Å². The van der Waals surface area contributed by atoms with E-state index in [1.807, 2.05) is 36.4 Å². The average molecular weight is 344 g/mol. The SMILES string of the molecule is O=C(O)C(=O)Cc1ccccc1.O=C(O)C(=S)Cc1ccccc1. The van der Waals surface area contributed by atoms with Gasteiger partial charge < -0.3 is 10.2 Å². The Morgan fingerprint density at radius 3 is 1.50 bits per heavy atom. The summed E-state index contributed by atoms with van der Waals surface area (Å²) < 4.78 is 0. The number of ketones is 1. The van der Waals surface area contributed by atoms with Gasteiger partial charge in [0.25, 0.3) is 0 Å². The highest BCUT2D eigenvalue weighted by atomic mass is 32.1. The monoisotopic (exact) mass is 344 g/mol. The maximum absolute atomic E-state index is 10.7. The van der Waals surface area contributed by atoms with Gasteiger partial charge >= 0.3 is 11.9 Å². The van der Waals surface area contributed by atoms with E-state index in [4.69, 9.17) is 10.2 Å². The van der Waals surface area contributed by atoms with Crippen molar-refractivity contribution in [3.8, 4) is 0 Å². The molecule has 6 heteroatoms. The minimum atomic E-state index is -1.38. The zero-order valence-corrected chi connectivity index (χ0v) is 13.5. The molecule has 0 unspecified atom stereocenters. The van der Waals surface area contributed by atoms with Crippen LogP contribution in [0.2, 0.25) is 0 Å². The lowest BCUT2D eigenvalue weighted by molar-refractivity contribution is -0.148. The maximum atomic E-state index is 10.7. The van der Waals surface area contributed by atoms with Crippen LogP contribution in [0.5, 0.6) is 0 Å². The van der Waals surface area contributed by atoms with Gasteiger partial charge in [0.1, 0.15) is 4.86 Å². The van der Waals surface area contributed by atoms with Crippen LogP contribution in [0.4, 0.5) is 0 Å². The quantitative estimate of drug-likeness (QED) is 0.618. The van der Waals surface area contributed by atoms with Crippen molar-refractivity contribution < 1.29 is 24.6 Å². The van der Waals surface area contributed by atoms with Gasteiger partial charge in [0.15, 0.2) is 0 Å². The van der Waals surface area contributed by atoms with Crippen molar-refractivity contribution in [2.45, 2.75) is 12.8 Å². The van der Waals surface area contributed by atoms with Crippen LogP contribution < -0.4 is 0 Å². The lowest BCUT2D eigenvalue weighted by atomic mass is 10.1. The van der Waals surface area contributed by atoms with Crippen molar-refractivity contribution in [3.63, 3.8) is 0 Å². The molecular formula is C18H16O5S. The van der Waals surface area contributed by atoms with E-state index < -0.39 is 17.7 Å². The molecule has 0 aliphatic rings. The molecule has 2 aromatic carbocycles. The normalized spacial score (nSPS) is 9.33. The average Bonchev–Trinajstić information content (AvgIpc) is 2.57. The summed E-state index contributed by atoms with van der Waals surface area (Å²) in [5, 5.41) is 16.8. The summed E-state index contributed by atoms with van der Waals surface area (Å²) in [5.41, 5.74) is 1.66. The third-order valence-corrected chi connectivity index (χ3v) is 3.21. The molecule has 0 saturated heterocycles. The third-order valence-electron chi connectivity index (χ3n) is 2.89. The number of carbonyl (C=O) groups is 3. The maximum Gasteiger partial charge on any atom is 0.372 e. The predicted octanol–water partition coefficient (Wildman–Crippen LogP) is 2.57. The molecule has 0 radical (unpaired) electrons. The highest BCUT2D eigenvalue weighted by Crippen LogP contribution is 2.01. The topological polar surface area (TPSA) is 91.7 Å². The van der Waals surface area contributed by atoms with Gasteiger partial charge in [-0.05, 0) is 11.1 Å². The Morgan fingerprint density at radius 1 is 0.708 bits per heavy atom. The van der Waals surface area contributed by atoms with E-state index in [-0.39, 0.29) is 11.3 Å². The van der Waals surface area contributed by atoms with Gasteiger partial charge in [-0.3, -0.25) is 4.79 Å². The lowest BCUT2D eigenvalue weighted by Crippen LogP contribution is -2.14. The summed E-state index contributed by atoms with van der Waals surface area (Å²) in [7, 11) is 0. The molecule has 0 fully saturated rings. The first-order chi connectivity index (χ1) is 11.4. The summed E-state index contributed by atoms with van der Waals surface area (Å²) in [5.74, 6) is -3.16. The van der Waals surface area contributed by atoms with Gasteiger partial charge in [0, 0.05) is 12.8 Å². The van der Waals surface area contributed by atoms with Crippen molar-refractivity contribution in [2.75, 3.05) is 0 Å². The zero-order valence-electron chi connectivity index (χ0n) is 12.7. The molecule has 0 aliphatic carbocycles. The second-order valence-electron chi connectivity index (χ2n) is 4.78. The molecule has 0 aliphatic heterocycles. The van der Waals surface area contributed by atoms with Gasteiger partial charge in [-0.2, -0.15) is 0 Å². The first kappa shape index (κ1) is 19.2. The molecular weight excluding hydrogens is 328 g/mol. The van der Waals surface area contributed by atoms with E-state index in [0.717, 1.165) is 11.1 Å². The van der Waals surface area contributed by atoms with E-state index in [1.165, 1.54) is 0 Å². The standard InChI is InChI=1S/C9H8O3.C9H8O2S/c10-8(9(11)12)6-7-4-2-1-3-5-7;10-9(11)8(12)6-7-4-2-1-3-5-7/h1-5H,6H2,(H,11,12);1-5H,6H2,(H,10,11). The molecule has 0 amide bonds. The van der Waals surface area contributed by atoms with Gasteiger partial charge in [-0.25, -0.2) is 9.59 Å². The van der Waals surface area contributed by atoms with Gasteiger partial charge in [-0.15, -0.1) is 0 Å². The second kappa shape index (κ2) is 10.0. The Hall–Kier alpha value is -2.86. The van der Waals surface area contributed by atoms with E-state index in [2.05, 4.69) is 12.2 Å². The summed E-state index contributed by atoms with van der Waals surface area (Å²) >= 11 is 4.66. The molecule has 2 aromatic rings. The van der Waals surface area contributed by atoms with Crippen LogP contribution in [0.3, 0.4) is 0 Å². The molecule has 124 valence electrons. The first-order valence-corrected chi connectivity index (χ1v) is 7.41. The number of benzene rings is 2. The Kier molecular flexibility index (Phi) is 8.01. The number of Topliss-reactive ketones (excluding diaryl/α,β-unsaturated/α-hetero) is 1. The number of aliphatic carboxylic acids is 2. The zero-order chi connectivity index (χ0) is 17.9. The van der Waals surface area contributed by atoms with Crippen molar-refractivity contribution in [1.82, 2.24) is 0 Å². The van der Waals surface area contributed by atoms with Crippen LogP contribution in [0.15, 0.2) is 60.7 Å². The predicted molar refractivity (Wildman–Crippen MR) is 93.2 cm³/mol. The summed E-state index contributed by atoms with van der Waals surface area (Å²) in [6.45, 7) is 0. The molecule has 0 spiro atoms. The molecule has 0 heterocycles. The van der Waals surface area contributed by atoms with E-state index in [9.17, 15) is 14.4 Å². The number of hydrogen-bond donors (Lipinski definition) is 2. The van der Waals surface area contributed by atoms with Gasteiger partial charge in [0.05, 0.1) is 0 Å². The summed E-state index contributed by atoms with van der Waals surface area (Å²) in [6, 6.07) is 18.1. The van der Waals surface area contributed by atoms with E-state index in [0.29, 0.717) is 6.42 Å². The van der Waals surface area contributed by atoms with Gasteiger partial charge in [-0.1, -0.05) is 72.9 Å². The largest absolute Gasteiger partial charge is 0.477 e. The molecule has 2 N–H and O–H groups in total. The lowest BCUT2D eigenvalue weighted by Gasteiger charge is -1.97. The van der Waals surface area contributed by atoms with Gasteiger partial charge in [0.2, 0.25) is 5.78 Å². The van der Waals surface area contributed by atoms with Crippen molar-refractivity contribution >= 4 is 34.8 Å². The van der Waals surface area contributed by atoms with Crippen LogP contribution in [-0.4, -0.2) is 32.8 Å². The Bertz CT molecular complexity index is 647. The highest BCUT2D eigenvalue weighted by molar-refractivity contribution is 7.82. The summed E-state index contributed by atoms with van der Waals surface area (Å²) in [4.78, 5) is 31.3. The van der Waals surface area contributed by atoms with Crippen LogP contribution >= 0.6 is 12.2 Å². The smallest absolute Gasteiger partial charge is 0.372 e. The Balaban J connectivity index is 0.000000240. The first-order valence-electron chi connectivity index (χ1n) is 7.00. The fraction of sp³-hybridized carbons (Fsp3) is 0.111. The summed E-state index contributed by atoms with van der Waals surface area (Å²) in [6.07, 6.45) is 0.307. The van der Waals surface area contributed by atoms with Crippen LogP contribution in [0, 0.1) is 0 Å². The number of hydrogen-bond acceptors (Lipinski definition) is 4. The van der Waals surface area contributed by atoms with Crippen molar-refractivity contribution in [3.05, 3.63) is 71.8 Å². The Morgan fingerprint density at radius 2 is 1.12 bits per heavy atom. The molecule has 0 aromatic heterocycles. The van der Waals surface area contributed by atoms with Crippen molar-refractivity contribution in [1.29, 1.82) is 0 Å². The molecule has 0 saturated carbocycles. The minimum absolute atomic E-state index is 0.0316. The molecule has 5 nitrogen and oxygen atoms in total. The fourth-order valence-corrected chi connectivity index (χ4v) is 1.88. The minimum Gasteiger partial charge on any atom is -0.477 e. The highest BCUT2D eigenvalue weighted by Gasteiger charge is 2.10. The third kappa shape index (κ3) is 7.42. The second-order valence-corrected chi connectivity index (χ2v) is 5.27. The molecule has 2 rings (SSSR count). The Labute approximate surface area is 144 Å². The van der Waals surface area contributed by atoms with Crippen LogP contribution in [0.1, 0.15) is 11.1 Å². The number of carbonyl (C=O) groups excluding carboxylic acids is 1. The molecule has 24 heavy (non-hydrogen) atoms. The van der Waals surface area contributed by atoms with E-state index in [1.54, 1.807) is 24.3 Å².